The average Bonchev–Trinajstić information content (AvgIpc) is 3.49. The maximum absolute atomic E-state index is 13.5. The molecule has 0 aliphatic heterocycles. The van der Waals surface area contributed by atoms with Crippen molar-refractivity contribution in [1.29, 1.82) is 0 Å². The molecule has 0 saturated heterocycles. The number of para-hydroxylation sites is 1. The fourth-order valence-electron chi connectivity index (χ4n) is 5.04. The van der Waals surface area contributed by atoms with Gasteiger partial charge in [0, 0.05) is 28.1 Å². The Morgan fingerprint density at radius 1 is 1.00 bits per heavy atom. The lowest BCUT2D eigenvalue weighted by molar-refractivity contribution is 0.0690. The van der Waals surface area contributed by atoms with E-state index < -0.39 is 5.97 Å². The molecule has 0 amide bonds. The second-order valence-corrected chi connectivity index (χ2v) is 8.91. The Balaban J connectivity index is 1.48. The molecule has 6 rings (SSSR count). The predicted octanol–water partition coefficient (Wildman–Crippen LogP) is 5.85. The molecule has 170 valence electrons. The van der Waals surface area contributed by atoms with E-state index in [4.69, 9.17) is 9.40 Å². The van der Waals surface area contributed by atoms with Crippen LogP contribution >= 0.6 is 0 Å². The summed E-state index contributed by atoms with van der Waals surface area (Å²) in [4.78, 5) is 29.8. The molecule has 0 unspecified atom stereocenters. The molecule has 34 heavy (non-hydrogen) atoms. The van der Waals surface area contributed by atoms with Crippen molar-refractivity contribution < 1.29 is 14.3 Å². The van der Waals surface area contributed by atoms with Crippen molar-refractivity contribution in [2.45, 2.75) is 38.0 Å². The number of rotatable bonds is 4. The van der Waals surface area contributed by atoms with E-state index in [0.29, 0.717) is 16.9 Å². The molecule has 0 atom stereocenters. The highest BCUT2D eigenvalue weighted by atomic mass is 16.4. The molecule has 2 N–H and O–H groups in total. The zero-order valence-corrected chi connectivity index (χ0v) is 18.5. The van der Waals surface area contributed by atoms with Gasteiger partial charge in [0.1, 0.15) is 17.0 Å². The molecule has 0 bridgehead atoms. The Labute approximate surface area is 194 Å². The minimum Gasteiger partial charge on any atom is -0.477 e. The lowest BCUT2D eigenvalue weighted by atomic mass is 9.83. The van der Waals surface area contributed by atoms with Gasteiger partial charge >= 0.3 is 5.97 Å². The Morgan fingerprint density at radius 2 is 1.74 bits per heavy atom. The van der Waals surface area contributed by atoms with Gasteiger partial charge in [-0.3, -0.25) is 9.89 Å². The number of aromatic carboxylic acids is 1. The van der Waals surface area contributed by atoms with E-state index >= 15 is 0 Å². The number of carboxylic acid groups (broad SMARTS) is 1. The molecule has 0 spiro atoms. The van der Waals surface area contributed by atoms with Gasteiger partial charge in [-0.05, 0) is 30.9 Å². The molecule has 1 aliphatic carbocycles. The number of carboxylic acids is 1. The van der Waals surface area contributed by atoms with Crippen molar-refractivity contribution in [2.75, 3.05) is 0 Å². The smallest absolute Gasteiger partial charge is 0.353 e. The second-order valence-electron chi connectivity index (χ2n) is 8.91. The number of furan rings is 1. The molecule has 1 saturated carbocycles. The fourth-order valence-corrected chi connectivity index (χ4v) is 5.04. The normalized spacial score (nSPS) is 14.7. The highest BCUT2D eigenvalue weighted by Gasteiger charge is 2.26. The van der Waals surface area contributed by atoms with Crippen molar-refractivity contribution in [2.24, 2.45) is 0 Å². The number of hydrogen-bond acceptors (Lipinski definition) is 4. The maximum Gasteiger partial charge on any atom is 0.353 e. The average molecular weight is 453 g/mol. The first-order valence-electron chi connectivity index (χ1n) is 11.6. The Kier molecular flexibility index (Phi) is 4.83. The van der Waals surface area contributed by atoms with Crippen molar-refractivity contribution in [3.05, 3.63) is 82.3 Å². The van der Waals surface area contributed by atoms with Gasteiger partial charge in [0.15, 0.2) is 5.65 Å². The Morgan fingerprint density at radius 3 is 2.47 bits per heavy atom. The number of aromatic nitrogens is 3. The largest absolute Gasteiger partial charge is 0.477 e. The third-order valence-corrected chi connectivity index (χ3v) is 6.76. The van der Waals surface area contributed by atoms with Gasteiger partial charge in [-0.25, -0.2) is 14.3 Å². The van der Waals surface area contributed by atoms with Gasteiger partial charge < -0.3 is 9.52 Å². The molecule has 3 heterocycles. The van der Waals surface area contributed by atoms with Crippen molar-refractivity contribution in [3.63, 3.8) is 0 Å². The molecule has 2 aromatic carbocycles. The molecule has 7 heteroatoms. The first-order valence-corrected chi connectivity index (χ1v) is 11.6. The highest BCUT2D eigenvalue weighted by molar-refractivity contribution is 5.87. The van der Waals surface area contributed by atoms with Crippen LogP contribution in [0.5, 0.6) is 0 Å². The second kappa shape index (κ2) is 8.02. The summed E-state index contributed by atoms with van der Waals surface area (Å²) < 4.78 is 7.26. The van der Waals surface area contributed by atoms with Crippen LogP contribution in [0.1, 0.15) is 54.1 Å². The highest BCUT2D eigenvalue weighted by Crippen LogP contribution is 2.36. The van der Waals surface area contributed by atoms with Crippen LogP contribution in [0, 0.1) is 0 Å². The van der Waals surface area contributed by atoms with Crippen LogP contribution in [0.25, 0.3) is 39.2 Å². The van der Waals surface area contributed by atoms with Crippen LogP contribution in [0.4, 0.5) is 0 Å². The first kappa shape index (κ1) is 20.5. The van der Waals surface area contributed by atoms with E-state index in [1.807, 2.05) is 54.6 Å². The van der Waals surface area contributed by atoms with Gasteiger partial charge in [0.05, 0.1) is 5.69 Å². The lowest BCUT2D eigenvalue weighted by Gasteiger charge is -2.23. The van der Waals surface area contributed by atoms with Gasteiger partial charge in [-0.1, -0.05) is 61.7 Å². The predicted molar refractivity (Wildman–Crippen MR) is 129 cm³/mol. The van der Waals surface area contributed by atoms with Crippen LogP contribution in [-0.4, -0.2) is 25.7 Å². The Hall–Kier alpha value is -4.13. The van der Waals surface area contributed by atoms with Gasteiger partial charge in [-0.15, -0.1) is 0 Å². The van der Waals surface area contributed by atoms with E-state index in [0.717, 1.165) is 53.5 Å². The summed E-state index contributed by atoms with van der Waals surface area (Å²) in [5.41, 5.74) is 3.92. The number of fused-ring (bicyclic) bond motifs is 2. The summed E-state index contributed by atoms with van der Waals surface area (Å²) >= 11 is 0. The number of H-pyrrole nitrogens is 1. The third kappa shape index (κ3) is 3.41. The van der Waals surface area contributed by atoms with Crippen molar-refractivity contribution in [1.82, 2.24) is 14.6 Å². The summed E-state index contributed by atoms with van der Waals surface area (Å²) in [5.74, 6) is -0.242. The minimum absolute atomic E-state index is 0.0587. The molecule has 5 aromatic rings. The lowest BCUT2D eigenvalue weighted by Crippen LogP contribution is -2.25. The molecule has 0 radical (unpaired) electrons. The van der Waals surface area contributed by atoms with Crippen LogP contribution in [-0.2, 0) is 0 Å². The molecular weight excluding hydrogens is 430 g/mol. The minimum atomic E-state index is -1.12. The van der Waals surface area contributed by atoms with Gasteiger partial charge in [0.25, 0.3) is 5.56 Å². The van der Waals surface area contributed by atoms with Crippen LogP contribution in [0.2, 0.25) is 0 Å². The summed E-state index contributed by atoms with van der Waals surface area (Å²) in [6.45, 7) is 0. The zero-order valence-electron chi connectivity index (χ0n) is 18.5. The summed E-state index contributed by atoms with van der Waals surface area (Å²) in [6.07, 6.45) is 5.17. The van der Waals surface area contributed by atoms with Gasteiger partial charge in [-0.2, -0.15) is 0 Å². The summed E-state index contributed by atoms with van der Waals surface area (Å²) in [5, 5.41) is 13.1. The SMILES string of the molecule is O=C(O)c1cc2nc(-c3ccc(-c4cc5ccccc5o4)cc3)c(C3CCCCC3)c(=O)n2[nH]1. The summed E-state index contributed by atoms with van der Waals surface area (Å²) in [6, 6.07) is 19.2. The number of nitrogens with one attached hydrogen (secondary N) is 1. The monoisotopic (exact) mass is 453 g/mol. The number of carbonyl (C=O) groups is 1. The van der Waals surface area contributed by atoms with Crippen molar-refractivity contribution in [3.8, 4) is 22.6 Å². The van der Waals surface area contributed by atoms with E-state index in [9.17, 15) is 14.7 Å². The van der Waals surface area contributed by atoms with E-state index in [-0.39, 0.29) is 17.2 Å². The number of hydrogen-bond donors (Lipinski definition) is 2. The zero-order chi connectivity index (χ0) is 23.2. The molecule has 7 nitrogen and oxygen atoms in total. The number of aromatic amines is 1. The van der Waals surface area contributed by atoms with Gasteiger partial charge in [0.2, 0.25) is 0 Å². The van der Waals surface area contributed by atoms with Crippen LogP contribution < -0.4 is 5.56 Å². The maximum atomic E-state index is 13.5. The van der Waals surface area contributed by atoms with Crippen LogP contribution in [0.15, 0.2) is 69.9 Å². The van der Waals surface area contributed by atoms with E-state index in [1.54, 1.807) is 0 Å². The standard InChI is InChI=1S/C27H23N3O4/c31-26-24(17-6-2-1-3-7-17)25(28-23-15-20(27(32)33)29-30(23)26)18-12-10-16(11-13-18)22-14-19-8-4-5-9-21(19)34-22/h4-5,8-15,17,29H,1-3,6-7H2,(H,32,33). The fraction of sp³-hybridized carbons (Fsp3) is 0.222. The molecular formula is C27H23N3O4. The molecule has 1 fully saturated rings. The van der Waals surface area contributed by atoms with E-state index in [1.165, 1.54) is 17.0 Å². The molecule has 3 aromatic heterocycles. The quantitative estimate of drug-likeness (QED) is 0.356. The first-order chi connectivity index (χ1) is 16.6. The Bertz CT molecular complexity index is 1550. The van der Waals surface area contributed by atoms with E-state index in [2.05, 4.69) is 5.10 Å². The molecule has 1 aliphatic rings. The third-order valence-electron chi connectivity index (χ3n) is 6.76. The number of nitrogens with zero attached hydrogens (tertiary/aromatic N) is 2. The van der Waals surface area contributed by atoms with Crippen LogP contribution in [0.3, 0.4) is 0 Å². The van der Waals surface area contributed by atoms with Crippen molar-refractivity contribution >= 4 is 22.6 Å². The summed E-state index contributed by atoms with van der Waals surface area (Å²) in [7, 11) is 0. The number of benzene rings is 2. The topological polar surface area (TPSA) is 101 Å².